The number of nitrogens with two attached hydrogens (primary N) is 1. The summed E-state index contributed by atoms with van der Waals surface area (Å²) in [7, 11) is 0. The molecule has 0 radical (unpaired) electrons. The van der Waals surface area contributed by atoms with Gasteiger partial charge in [0.1, 0.15) is 0 Å². The topological polar surface area (TPSA) is 54.8 Å². The molecule has 2 rings (SSSR count). The molecule has 3 heteroatoms. The van der Waals surface area contributed by atoms with Crippen molar-refractivity contribution in [3.63, 3.8) is 0 Å². The molecule has 0 bridgehead atoms. The molecule has 0 atom stereocenters. The molecule has 0 aliphatic heterocycles. The van der Waals surface area contributed by atoms with Crippen molar-refractivity contribution in [1.82, 2.24) is 4.57 Å². The maximum atomic E-state index is 6.51. The molecular weight excluding hydrogens is 354 g/mol. The van der Waals surface area contributed by atoms with E-state index >= 15 is 0 Å². The van der Waals surface area contributed by atoms with E-state index < -0.39 is 0 Å². The Hall–Kier alpha value is -3.07. The number of nitrogens with one attached hydrogen (secondary N) is 1. The van der Waals surface area contributed by atoms with Gasteiger partial charge in [-0.1, -0.05) is 56.9 Å². The molecule has 3 N–H and O–H groups in total. The van der Waals surface area contributed by atoms with E-state index in [2.05, 4.69) is 81.6 Å². The van der Waals surface area contributed by atoms with Crippen LogP contribution in [0.3, 0.4) is 0 Å². The highest BCUT2D eigenvalue weighted by Gasteiger charge is 2.11. The molecule has 1 aromatic carbocycles. The van der Waals surface area contributed by atoms with E-state index in [0.717, 1.165) is 31.9 Å². The van der Waals surface area contributed by atoms with Crippen LogP contribution in [0.25, 0.3) is 17.1 Å². The van der Waals surface area contributed by atoms with Crippen LogP contribution in [0.2, 0.25) is 0 Å². The fraction of sp³-hybridized carbons (Fsp3) is 0.269. The van der Waals surface area contributed by atoms with Crippen LogP contribution in [0, 0.1) is 12.3 Å². The summed E-state index contributed by atoms with van der Waals surface area (Å²) in [4.78, 5) is 0. The molecular formula is C26H37N3. The summed E-state index contributed by atoms with van der Waals surface area (Å²) in [5.41, 5.74) is 9.80. The zero-order valence-electron chi connectivity index (χ0n) is 18.3. The molecule has 0 fully saturated rings. The standard InChI is InChI=1S/C17H21N.C5H8N2.C4H8/c1-4-6-10-15-14(3)18(13-7-5-2)17-12-9-8-11-16(15)17;1-2-5(7)3-4-6;1-3-4-2/h4,7-9,11-13H,1,5-6,10H2,2-3H3;2-4,6H,1,7H2;3H,1,4H2,2H3/b13-7+;5-3+,6-4?;. The van der Waals surface area contributed by atoms with E-state index in [-0.39, 0.29) is 0 Å². The maximum absolute atomic E-state index is 6.51. The normalized spacial score (nSPS) is 10.5. The largest absolute Gasteiger partial charge is 0.399 e. The highest BCUT2D eigenvalue weighted by molar-refractivity contribution is 5.87. The zero-order chi connectivity index (χ0) is 22.1. The quantitative estimate of drug-likeness (QED) is 0.279. The van der Waals surface area contributed by atoms with Gasteiger partial charge in [-0.15, -0.1) is 13.2 Å². The van der Waals surface area contributed by atoms with Crippen LogP contribution in [0.1, 0.15) is 44.4 Å². The van der Waals surface area contributed by atoms with Gasteiger partial charge in [-0.3, -0.25) is 0 Å². The van der Waals surface area contributed by atoms with E-state index in [0.29, 0.717) is 5.70 Å². The summed E-state index contributed by atoms with van der Waals surface area (Å²) >= 11 is 0. The SMILES string of the molecule is C=C/C(N)=C\C=N.C=CCC.C=CCCc1c(C)n(/C=C/CC)c2ccccc12. The van der Waals surface area contributed by atoms with Gasteiger partial charge < -0.3 is 15.7 Å². The van der Waals surface area contributed by atoms with Crippen molar-refractivity contribution in [1.29, 1.82) is 5.41 Å². The molecule has 0 unspecified atom stereocenters. The molecule has 29 heavy (non-hydrogen) atoms. The van der Waals surface area contributed by atoms with Crippen molar-refractivity contribution in [2.24, 2.45) is 5.73 Å². The second-order valence-corrected chi connectivity index (χ2v) is 6.31. The summed E-state index contributed by atoms with van der Waals surface area (Å²) < 4.78 is 2.30. The van der Waals surface area contributed by atoms with Crippen molar-refractivity contribution >= 4 is 23.3 Å². The van der Waals surface area contributed by atoms with Gasteiger partial charge in [0.2, 0.25) is 0 Å². The molecule has 1 heterocycles. The summed E-state index contributed by atoms with van der Waals surface area (Å²) in [5.74, 6) is 0. The third kappa shape index (κ3) is 9.11. The van der Waals surface area contributed by atoms with E-state index in [1.165, 1.54) is 34.3 Å². The van der Waals surface area contributed by atoms with Crippen LogP contribution in [0.4, 0.5) is 0 Å². The van der Waals surface area contributed by atoms with Crippen molar-refractivity contribution in [2.45, 2.75) is 46.5 Å². The van der Waals surface area contributed by atoms with Gasteiger partial charge in [0, 0.05) is 29.2 Å². The van der Waals surface area contributed by atoms with Crippen molar-refractivity contribution in [2.75, 3.05) is 0 Å². The predicted molar refractivity (Wildman–Crippen MR) is 133 cm³/mol. The van der Waals surface area contributed by atoms with Gasteiger partial charge in [0.15, 0.2) is 0 Å². The molecule has 0 saturated heterocycles. The number of aromatic nitrogens is 1. The molecule has 2 aromatic rings. The number of aryl methyl sites for hydroxylation is 1. The fourth-order valence-electron chi connectivity index (χ4n) is 2.59. The summed E-state index contributed by atoms with van der Waals surface area (Å²) in [6.07, 6.45) is 16.6. The first-order valence-corrected chi connectivity index (χ1v) is 10.1. The van der Waals surface area contributed by atoms with E-state index in [1.807, 2.05) is 12.2 Å². The third-order valence-electron chi connectivity index (χ3n) is 4.18. The average molecular weight is 392 g/mol. The molecule has 0 spiro atoms. The molecule has 1 aromatic heterocycles. The van der Waals surface area contributed by atoms with Crippen molar-refractivity contribution in [3.8, 4) is 0 Å². The van der Waals surface area contributed by atoms with Crippen LogP contribution >= 0.6 is 0 Å². The summed E-state index contributed by atoms with van der Waals surface area (Å²) in [6, 6.07) is 8.64. The monoisotopic (exact) mass is 391 g/mol. The Balaban J connectivity index is 0.000000594. The minimum Gasteiger partial charge on any atom is -0.399 e. The Morgan fingerprint density at radius 1 is 1.10 bits per heavy atom. The first-order valence-electron chi connectivity index (χ1n) is 10.1. The Morgan fingerprint density at radius 2 is 1.76 bits per heavy atom. The number of allylic oxidation sites excluding steroid dienone is 5. The lowest BCUT2D eigenvalue weighted by atomic mass is 10.1. The van der Waals surface area contributed by atoms with Crippen molar-refractivity contribution in [3.05, 3.63) is 91.3 Å². The van der Waals surface area contributed by atoms with Crippen LogP contribution in [0.5, 0.6) is 0 Å². The van der Waals surface area contributed by atoms with E-state index in [9.17, 15) is 0 Å². The lowest BCUT2D eigenvalue weighted by Gasteiger charge is -2.02. The number of hydrogen-bond donors (Lipinski definition) is 2. The first kappa shape index (κ1) is 25.9. The minimum absolute atomic E-state index is 0.523. The first-order chi connectivity index (χ1) is 14.0. The molecule has 0 amide bonds. The number of para-hydroxylation sites is 1. The van der Waals surface area contributed by atoms with Gasteiger partial charge >= 0.3 is 0 Å². The number of rotatable bonds is 8. The molecule has 0 saturated carbocycles. The number of nitrogens with zero attached hydrogens (tertiary/aromatic N) is 1. The highest BCUT2D eigenvalue weighted by Crippen LogP contribution is 2.27. The second kappa shape index (κ2) is 15.9. The number of hydrogen-bond acceptors (Lipinski definition) is 2. The number of fused-ring (bicyclic) bond motifs is 1. The van der Waals surface area contributed by atoms with Crippen molar-refractivity contribution < 1.29 is 0 Å². The number of benzene rings is 1. The van der Waals surface area contributed by atoms with Gasteiger partial charge in [0.05, 0.1) is 5.52 Å². The Kier molecular flexibility index (Phi) is 14.2. The van der Waals surface area contributed by atoms with Crippen LogP contribution < -0.4 is 5.73 Å². The maximum Gasteiger partial charge on any atom is 0.0527 e. The van der Waals surface area contributed by atoms with Gasteiger partial charge in [-0.05, 0) is 56.4 Å². The van der Waals surface area contributed by atoms with Gasteiger partial charge in [-0.25, -0.2) is 0 Å². The van der Waals surface area contributed by atoms with Crippen LogP contribution in [-0.2, 0) is 6.42 Å². The Labute approximate surface area is 177 Å². The molecule has 3 nitrogen and oxygen atoms in total. The average Bonchev–Trinajstić information content (AvgIpc) is 3.02. The van der Waals surface area contributed by atoms with Gasteiger partial charge in [-0.2, -0.15) is 0 Å². The summed E-state index contributed by atoms with van der Waals surface area (Å²) in [5, 5.41) is 7.88. The second-order valence-electron chi connectivity index (χ2n) is 6.31. The third-order valence-corrected chi connectivity index (χ3v) is 4.18. The predicted octanol–water partition coefficient (Wildman–Crippen LogP) is 7.20. The molecule has 0 aliphatic rings. The highest BCUT2D eigenvalue weighted by atomic mass is 15.0. The zero-order valence-corrected chi connectivity index (χ0v) is 18.3. The lowest BCUT2D eigenvalue weighted by molar-refractivity contribution is 0.975. The van der Waals surface area contributed by atoms with Crippen LogP contribution in [0.15, 0.2) is 80.1 Å². The fourth-order valence-corrected chi connectivity index (χ4v) is 2.59. The van der Waals surface area contributed by atoms with Crippen LogP contribution in [-0.4, -0.2) is 10.8 Å². The van der Waals surface area contributed by atoms with E-state index in [1.54, 1.807) is 0 Å². The van der Waals surface area contributed by atoms with E-state index in [4.69, 9.17) is 11.1 Å². The Bertz CT molecular complexity index is 835. The molecule has 0 aliphatic carbocycles. The summed E-state index contributed by atoms with van der Waals surface area (Å²) in [6.45, 7) is 17.1. The van der Waals surface area contributed by atoms with Gasteiger partial charge in [0.25, 0.3) is 0 Å². The Morgan fingerprint density at radius 3 is 2.24 bits per heavy atom. The molecule has 156 valence electrons. The lowest BCUT2D eigenvalue weighted by Crippen LogP contribution is -1.91. The minimum atomic E-state index is 0.523. The smallest absolute Gasteiger partial charge is 0.0527 e.